The van der Waals surface area contributed by atoms with Gasteiger partial charge in [-0.05, 0) is 44.6 Å². The summed E-state index contributed by atoms with van der Waals surface area (Å²) in [5, 5.41) is 2.82. The fourth-order valence-electron chi connectivity index (χ4n) is 1.64. The van der Waals surface area contributed by atoms with Crippen LogP contribution in [0, 0.1) is 6.92 Å². The van der Waals surface area contributed by atoms with Gasteiger partial charge in [0.2, 0.25) is 5.91 Å². The summed E-state index contributed by atoms with van der Waals surface area (Å²) in [6, 6.07) is 3.78. The lowest BCUT2D eigenvalue weighted by atomic mass is 10.3. The molecule has 0 saturated heterocycles. The highest BCUT2D eigenvalue weighted by atomic mass is 16.1. The highest BCUT2D eigenvalue weighted by molar-refractivity contribution is 5.89. The maximum absolute atomic E-state index is 11.7. The van der Waals surface area contributed by atoms with Gasteiger partial charge in [-0.2, -0.15) is 0 Å². The van der Waals surface area contributed by atoms with E-state index in [4.69, 9.17) is 0 Å². The minimum atomic E-state index is 0.0245. The normalized spacial score (nSPS) is 10.7. The van der Waals surface area contributed by atoms with Crippen LogP contribution in [-0.2, 0) is 4.79 Å². The fourth-order valence-corrected chi connectivity index (χ4v) is 1.64. The SMILES string of the molecule is CCCCN(C)CCC(=O)Nc1cc(C)ccn1. The third kappa shape index (κ3) is 5.77. The zero-order valence-corrected chi connectivity index (χ0v) is 11.6. The van der Waals surface area contributed by atoms with Crippen LogP contribution in [0.15, 0.2) is 18.3 Å². The van der Waals surface area contributed by atoms with E-state index in [0.29, 0.717) is 12.2 Å². The zero-order chi connectivity index (χ0) is 13.4. The second-order valence-electron chi connectivity index (χ2n) is 4.67. The molecule has 1 aromatic rings. The first-order chi connectivity index (χ1) is 8.61. The van der Waals surface area contributed by atoms with Crippen LogP contribution in [-0.4, -0.2) is 35.9 Å². The fraction of sp³-hybridized carbons (Fsp3) is 0.571. The number of pyridine rings is 1. The molecule has 1 aromatic heterocycles. The van der Waals surface area contributed by atoms with Crippen molar-refractivity contribution in [3.05, 3.63) is 23.9 Å². The van der Waals surface area contributed by atoms with Crippen molar-refractivity contribution in [2.75, 3.05) is 25.5 Å². The third-order valence-electron chi connectivity index (χ3n) is 2.80. The van der Waals surface area contributed by atoms with Crippen LogP contribution >= 0.6 is 0 Å². The van der Waals surface area contributed by atoms with Gasteiger partial charge >= 0.3 is 0 Å². The van der Waals surface area contributed by atoms with Gasteiger partial charge in [0.05, 0.1) is 0 Å². The first kappa shape index (κ1) is 14.6. The van der Waals surface area contributed by atoms with Gasteiger partial charge in [-0.25, -0.2) is 4.98 Å². The lowest BCUT2D eigenvalue weighted by Crippen LogP contribution is -2.25. The number of nitrogens with one attached hydrogen (secondary N) is 1. The summed E-state index contributed by atoms with van der Waals surface area (Å²) in [7, 11) is 2.05. The molecule has 1 rings (SSSR count). The summed E-state index contributed by atoms with van der Waals surface area (Å²) in [5.41, 5.74) is 1.10. The van der Waals surface area contributed by atoms with E-state index in [9.17, 15) is 4.79 Å². The standard InChI is InChI=1S/C14H23N3O/c1-4-5-9-17(3)10-7-14(18)16-13-11-12(2)6-8-15-13/h6,8,11H,4-5,7,9-10H2,1-3H3,(H,15,16,18). The molecule has 0 unspecified atom stereocenters. The van der Waals surface area contributed by atoms with E-state index >= 15 is 0 Å². The van der Waals surface area contributed by atoms with Gasteiger partial charge in [-0.1, -0.05) is 13.3 Å². The molecule has 0 radical (unpaired) electrons. The number of rotatable bonds is 7. The van der Waals surface area contributed by atoms with Crippen LogP contribution in [0.5, 0.6) is 0 Å². The molecule has 0 fully saturated rings. The van der Waals surface area contributed by atoms with Crippen molar-refractivity contribution < 1.29 is 4.79 Å². The first-order valence-corrected chi connectivity index (χ1v) is 6.53. The Morgan fingerprint density at radius 2 is 2.22 bits per heavy atom. The predicted octanol–water partition coefficient (Wildman–Crippen LogP) is 2.45. The van der Waals surface area contributed by atoms with Crippen LogP contribution in [0.25, 0.3) is 0 Å². The second kappa shape index (κ2) is 7.82. The Morgan fingerprint density at radius 3 is 2.89 bits per heavy atom. The minimum Gasteiger partial charge on any atom is -0.311 e. The average molecular weight is 249 g/mol. The molecule has 0 aliphatic carbocycles. The number of amides is 1. The number of anilines is 1. The summed E-state index contributed by atoms with van der Waals surface area (Å²) in [6.07, 6.45) is 4.58. The van der Waals surface area contributed by atoms with Crippen molar-refractivity contribution in [1.82, 2.24) is 9.88 Å². The van der Waals surface area contributed by atoms with E-state index in [1.165, 1.54) is 12.8 Å². The molecule has 0 saturated carbocycles. The molecule has 100 valence electrons. The molecule has 4 nitrogen and oxygen atoms in total. The molecule has 1 heterocycles. The van der Waals surface area contributed by atoms with Crippen LogP contribution in [0.2, 0.25) is 0 Å². The molecule has 0 spiro atoms. The number of carbonyl (C=O) groups is 1. The third-order valence-corrected chi connectivity index (χ3v) is 2.80. The van der Waals surface area contributed by atoms with Gasteiger partial charge < -0.3 is 10.2 Å². The topological polar surface area (TPSA) is 45.2 Å². The Morgan fingerprint density at radius 1 is 1.44 bits per heavy atom. The average Bonchev–Trinajstić information content (AvgIpc) is 2.34. The molecule has 0 aliphatic heterocycles. The molecule has 0 bridgehead atoms. The van der Waals surface area contributed by atoms with Gasteiger partial charge in [0.1, 0.15) is 5.82 Å². The number of aryl methyl sites for hydroxylation is 1. The van der Waals surface area contributed by atoms with Gasteiger partial charge in [-0.15, -0.1) is 0 Å². The van der Waals surface area contributed by atoms with Crippen molar-refractivity contribution in [2.24, 2.45) is 0 Å². The number of hydrogen-bond acceptors (Lipinski definition) is 3. The highest BCUT2D eigenvalue weighted by Crippen LogP contribution is 2.05. The van der Waals surface area contributed by atoms with Gasteiger partial charge in [0.15, 0.2) is 0 Å². The molecule has 1 amide bonds. The van der Waals surface area contributed by atoms with Crippen LogP contribution < -0.4 is 5.32 Å². The van der Waals surface area contributed by atoms with E-state index < -0.39 is 0 Å². The van der Waals surface area contributed by atoms with Crippen LogP contribution in [0.3, 0.4) is 0 Å². The van der Waals surface area contributed by atoms with Crippen molar-refractivity contribution >= 4 is 11.7 Å². The Hall–Kier alpha value is -1.42. The summed E-state index contributed by atoms with van der Waals surface area (Å²) in [5.74, 6) is 0.660. The van der Waals surface area contributed by atoms with E-state index in [2.05, 4.69) is 22.1 Å². The Balaban J connectivity index is 2.29. The molecular weight excluding hydrogens is 226 g/mol. The Labute approximate surface area is 109 Å². The van der Waals surface area contributed by atoms with Crippen molar-refractivity contribution in [3.63, 3.8) is 0 Å². The first-order valence-electron chi connectivity index (χ1n) is 6.53. The molecule has 0 aromatic carbocycles. The van der Waals surface area contributed by atoms with E-state index in [-0.39, 0.29) is 5.91 Å². The highest BCUT2D eigenvalue weighted by Gasteiger charge is 2.05. The van der Waals surface area contributed by atoms with Gasteiger partial charge in [-0.3, -0.25) is 4.79 Å². The molecule has 0 aliphatic rings. The van der Waals surface area contributed by atoms with Crippen molar-refractivity contribution in [3.8, 4) is 0 Å². The molecule has 18 heavy (non-hydrogen) atoms. The van der Waals surface area contributed by atoms with Crippen LogP contribution in [0.4, 0.5) is 5.82 Å². The molecule has 4 heteroatoms. The van der Waals surface area contributed by atoms with E-state index in [0.717, 1.165) is 18.7 Å². The summed E-state index contributed by atoms with van der Waals surface area (Å²) >= 11 is 0. The number of hydrogen-bond donors (Lipinski definition) is 1. The maximum atomic E-state index is 11.7. The summed E-state index contributed by atoms with van der Waals surface area (Å²) in [6.45, 7) is 5.99. The minimum absolute atomic E-state index is 0.0245. The van der Waals surface area contributed by atoms with Gasteiger partial charge in [0.25, 0.3) is 0 Å². The smallest absolute Gasteiger partial charge is 0.226 e. The lowest BCUT2D eigenvalue weighted by molar-refractivity contribution is -0.116. The molecule has 0 atom stereocenters. The number of aromatic nitrogens is 1. The van der Waals surface area contributed by atoms with Gasteiger partial charge in [0, 0.05) is 19.2 Å². The Kier molecular flexibility index (Phi) is 6.36. The monoisotopic (exact) mass is 249 g/mol. The Bertz CT molecular complexity index is 379. The van der Waals surface area contributed by atoms with Crippen molar-refractivity contribution in [1.29, 1.82) is 0 Å². The quantitative estimate of drug-likeness (QED) is 0.807. The second-order valence-corrected chi connectivity index (χ2v) is 4.67. The number of unbranched alkanes of at least 4 members (excludes halogenated alkanes) is 1. The summed E-state index contributed by atoms with van der Waals surface area (Å²) < 4.78 is 0. The maximum Gasteiger partial charge on any atom is 0.226 e. The molecular formula is C14H23N3O. The largest absolute Gasteiger partial charge is 0.311 e. The van der Waals surface area contributed by atoms with Crippen LogP contribution in [0.1, 0.15) is 31.7 Å². The zero-order valence-electron chi connectivity index (χ0n) is 11.6. The predicted molar refractivity (Wildman–Crippen MR) is 74.6 cm³/mol. The van der Waals surface area contributed by atoms with Crippen molar-refractivity contribution in [2.45, 2.75) is 33.1 Å². The summed E-state index contributed by atoms with van der Waals surface area (Å²) in [4.78, 5) is 18.0. The molecule has 1 N–H and O–H groups in total. The lowest BCUT2D eigenvalue weighted by Gasteiger charge is -2.15. The number of carbonyl (C=O) groups excluding carboxylic acids is 1. The van der Waals surface area contributed by atoms with E-state index in [1.54, 1.807) is 6.20 Å². The number of nitrogens with zero attached hydrogens (tertiary/aromatic N) is 2. The van der Waals surface area contributed by atoms with E-state index in [1.807, 2.05) is 26.1 Å².